The maximum Gasteiger partial charge on any atom is 0.302 e. The lowest BCUT2D eigenvalue weighted by atomic mass is 10.1. The molecule has 0 fully saturated rings. The van der Waals surface area contributed by atoms with Gasteiger partial charge in [0.25, 0.3) is 12.3 Å². The normalized spacial score (nSPS) is 12.0. The Bertz CT molecular complexity index is 1240. The van der Waals surface area contributed by atoms with Crippen molar-refractivity contribution >= 4 is 45.5 Å². The zero-order valence-corrected chi connectivity index (χ0v) is 21.1. The van der Waals surface area contributed by atoms with Gasteiger partial charge in [0.15, 0.2) is 0 Å². The molecule has 1 aromatic heterocycles. The average molecular weight is 585 g/mol. The maximum absolute atomic E-state index is 13.1. The Morgan fingerprint density at radius 1 is 1.09 bits per heavy atom. The van der Waals surface area contributed by atoms with Crippen LogP contribution in [0.1, 0.15) is 49.0 Å². The number of hydrogen-bond donors (Lipinski definition) is 0. The molecule has 2 aromatic carbocycles. The van der Waals surface area contributed by atoms with E-state index in [-0.39, 0.29) is 30.4 Å². The molecule has 10 heteroatoms. The summed E-state index contributed by atoms with van der Waals surface area (Å²) in [4.78, 5) is 28.5. The molecule has 0 atom stereocenters. The minimum atomic E-state index is -2.69. The number of hydrogen-bond acceptors (Lipinski definition) is 4. The highest BCUT2D eigenvalue weighted by Gasteiger charge is 2.16. The molecule has 34 heavy (non-hydrogen) atoms. The van der Waals surface area contributed by atoms with Crippen LogP contribution in [0.3, 0.4) is 0 Å². The van der Waals surface area contributed by atoms with Gasteiger partial charge < -0.3 is 14.0 Å². The van der Waals surface area contributed by atoms with E-state index in [4.69, 9.17) is 9.47 Å². The molecule has 7 nitrogen and oxygen atoms in total. The van der Waals surface area contributed by atoms with Gasteiger partial charge in [-0.05, 0) is 65.8 Å². The number of nitrogens with zero attached hydrogens (tertiary/aromatic N) is 3. The van der Waals surface area contributed by atoms with Crippen molar-refractivity contribution in [2.75, 3.05) is 13.2 Å². The van der Waals surface area contributed by atoms with Gasteiger partial charge >= 0.3 is 5.97 Å². The first-order valence-electron chi connectivity index (χ1n) is 10.9. The Morgan fingerprint density at radius 2 is 1.88 bits per heavy atom. The van der Waals surface area contributed by atoms with Gasteiger partial charge in [-0.15, -0.1) is 0 Å². The molecular weight excluding hydrogens is 559 g/mol. The molecule has 0 unspecified atom stereocenters. The molecule has 0 N–H and O–H groups in total. The van der Waals surface area contributed by atoms with E-state index < -0.39 is 12.3 Å². The van der Waals surface area contributed by atoms with E-state index in [1.54, 1.807) is 4.57 Å². The maximum atomic E-state index is 13.1. The number of aromatic nitrogens is 2. The topological polar surface area (TPSA) is 74.8 Å². The standard InChI is InChI=1S/C24H26F2IN3O4/c1-3-11-33-15-30-21-14-19(27)8-9-20(21)29(10-5-12-34-16(2)31)24(30)28-23(32)18-7-4-6-17(13-18)22(25)26/h4,6-9,13-14,22H,3,5,10-12,15H2,1-2H3. The fourth-order valence-corrected chi connectivity index (χ4v) is 3.95. The highest BCUT2D eigenvalue weighted by Crippen LogP contribution is 2.20. The molecule has 0 radical (unpaired) electrons. The van der Waals surface area contributed by atoms with Gasteiger partial charge in [-0.2, -0.15) is 4.99 Å². The number of alkyl halides is 2. The van der Waals surface area contributed by atoms with Crippen LogP contribution in [-0.4, -0.2) is 34.2 Å². The zero-order valence-electron chi connectivity index (χ0n) is 19.0. The highest BCUT2D eigenvalue weighted by molar-refractivity contribution is 14.1. The summed E-state index contributed by atoms with van der Waals surface area (Å²) in [6.45, 7) is 4.68. The summed E-state index contributed by atoms with van der Waals surface area (Å²) in [5.74, 6) is -1.00. The summed E-state index contributed by atoms with van der Waals surface area (Å²) in [6, 6.07) is 11.2. The third kappa shape index (κ3) is 6.50. The number of rotatable bonds is 10. The van der Waals surface area contributed by atoms with E-state index in [1.165, 1.54) is 25.1 Å². The lowest BCUT2D eigenvalue weighted by molar-refractivity contribution is -0.141. The third-order valence-corrected chi connectivity index (χ3v) is 5.66. The van der Waals surface area contributed by atoms with Crippen LogP contribution in [0.15, 0.2) is 47.5 Å². The summed E-state index contributed by atoms with van der Waals surface area (Å²) in [7, 11) is 0. The van der Waals surface area contributed by atoms with Crippen LogP contribution in [-0.2, 0) is 27.5 Å². The second kappa shape index (κ2) is 12.2. The molecule has 182 valence electrons. The van der Waals surface area contributed by atoms with Crippen molar-refractivity contribution in [3.05, 3.63) is 62.8 Å². The van der Waals surface area contributed by atoms with Crippen LogP contribution in [0.2, 0.25) is 0 Å². The molecule has 1 amide bonds. The highest BCUT2D eigenvalue weighted by atomic mass is 127. The molecule has 0 aliphatic heterocycles. The van der Waals surface area contributed by atoms with Gasteiger partial charge in [0, 0.05) is 34.8 Å². The smallest absolute Gasteiger partial charge is 0.302 e. The fourth-order valence-electron chi connectivity index (χ4n) is 3.47. The van der Waals surface area contributed by atoms with Crippen molar-refractivity contribution < 1.29 is 27.8 Å². The quantitative estimate of drug-likeness (QED) is 0.189. The Labute approximate surface area is 209 Å². The summed E-state index contributed by atoms with van der Waals surface area (Å²) >= 11 is 2.21. The second-order valence-electron chi connectivity index (χ2n) is 7.59. The first-order valence-corrected chi connectivity index (χ1v) is 12.0. The van der Waals surface area contributed by atoms with E-state index in [0.717, 1.165) is 27.1 Å². The molecule has 0 bridgehead atoms. The average Bonchev–Trinajstić information content (AvgIpc) is 3.08. The number of esters is 1. The van der Waals surface area contributed by atoms with Gasteiger partial charge in [0.1, 0.15) is 6.73 Å². The fraction of sp³-hybridized carbons (Fsp3) is 0.375. The Kier molecular flexibility index (Phi) is 9.34. The summed E-state index contributed by atoms with van der Waals surface area (Å²) in [5, 5.41) is 0. The Balaban J connectivity index is 2.12. The number of amides is 1. The monoisotopic (exact) mass is 585 g/mol. The molecule has 0 saturated heterocycles. The minimum Gasteiger partial charge on any atom is -0.466 e. The van der Waals surface area contributed by atoms with E-state index in [9.17, 15) is 18.4 Å². The Hall–Kier alpha value is -2.60. The van der Waals surface area contributed by atoms with Crippen LogP contribution in [0.4, 0.5) is 8.78 Å². The zero-order chi connectivity index (χ0) is 24.7. The molecule has 0 aliphatic carbocycles. The van der Waals surface area contributed by atoms with Crippen LogP contribution in [0.5, 0.6) is 0 Å². The van der Waals surface area contributed by atoms with Crippen molar-refractivity contribution in [2.45, 2.75) is 46.4 Å². The number of ether oxygens (including phenoxy) is 2. The van der Waals surface area contributed by atoms with Crippen molar-refractivity contribution in [1.29, 1.82) is 0 Å². The third-order valence-electron chi connectivity index (χ3n) is 4.99. The predicted octanol–water partition coefficient (Wildman–Crippen LogP) is 5.06. The largest absolute Gasteiger partial charge is 0.466 e. The minimum absolute atomic E-state index is 0.0742. The van der Waals surface area contributed by atoms with Crippen LogP contribution in [0, 0.1) is 3.57 Å². The Morgan fingerprint density at radius 3 is 2.59 bits per heavy atom. The summed E-state index contributed by atoms with van der Waals surface area (Å²) in [6.07, 6.45) is -1.36. The number of aryl methyl sites for hydroxylation is 1. The first-order chi connectivity index (χ1) is 16.3. The lowest BCUT2D eigenvalue weighted by Gasteiger charge is -2.08. The van der Waals surface area contributed by atoms with Crippen molar-refractivity contribution in [3.63, 3.8) is 0 Å². The molecule has 3 rings (SSSR count). The number of halogens is 3. The van der Waals surface area contributed by atoms with Crippen LogP contribution < -0.4 is 5.62 Å². The molecule has 0 aliphatic rings. The molecule has 0 spiro atoms. The summed E-state index contributed by atoms with van der Waals surface area (Å²) in [5.41, 5.74) is 1.82. The van der Waals surface area contributed by atoms with Crippen molar-refractivity contribution in [1.82, 2.24) is 9.13 Å². The molecular formula is C24H26F2IN3O4. The van der Waals surface area contributed by atoms with Gasteiger partial charge in [-0.3, -0.25) is 14.2 Å². The van der Waals surface area contributed by atoms with Crippen molar-refractivity contribution in [3.8, 4) is 0 Å². The number of benzene rings is 2. The van der Waals surface area contributed by atoms with E-state index in [1.807, 2.05) is 29.7 Å². The molecule has 1 heterocycles. The predicted molar refractivity (Wildman–Crippen MR) is 131 cm³/mol. The van der Waals surface area contributed by atoms with Gasteiger partial charge in [0.2, 0.25) is 5.62 Å². The van der Waals surface area contributed by atoms with Crippen LogP contribution >= 0.6 is 22.6 Å². The van der Waals surface area contributed by atoms with E-state index >= 15 is 0 Å². The lowest BCUT2D eigenvalue weighted by Crippen LogP contribution is -2.29. The number of carbonyl (C=O) groups excluding carboxylic acids is 2. The van der Waals surface area contributed by atoms with Gasteiger partial charge in [-0.1, -0.05) is 19.1 Å². The SMILES string of the molecule is CCCOCn1c(=NC(=O)c2cccc(C(F)F)c2)n(CCCOC(C)=O)c2ccc(I)cc21. The van der Waals surface area contributed by atoms with Gasteiger partial charge in [0.05, 0.1) is 17.6 Å². The van der Waals surface area contributed by atoms with Gasteiger partial charge in [-0.25, -0.2) is 8.78 Å². The summed E-state index contributed by atoms with van der Waals surface area (Å²) < 4.78 is 41.8. The first kappa shape index (κ1) is 26.0. The van der Waals surface area contributed by atoms with E-state index in [0.29, 0.717) is 25.2 Å². The number of carbonyl (C=O) groups is 2. The molecule has 0 saturated carbocycles. The van der Waals surface area contributed by atoms with Crippen LogP contribution in [0.25, 0.3) is 11.0 Å². The second-order valence-corrected chi connectivity index (χ2v) is 8.83. The van der Waals surface area contributed by atoms with Crippen molar-refractivity contribution in [2.24, 2.45) is 4.99 Å². The van der Waals surface area contributed by atoms with E-state index in [2.05, 4.69) is 27.6 Å². The number of fused-ring (bicyclic) bond motifs is 1. The number of imidazole rings is 1. The molecule has 3 aromatic rings.